The van der Waals surface area contributed by atoms with Gasteiger partial charge in [-0.3, -0.25) is 0 Å². The molecule has 1 radical (unpaired) electrons. The molecule has 0 rings (SSSR count). The van der Waals surface area contributed by atoms with Crippen LogP contribution in [0.2, 0.25) is 0 Å². The van der Waals surface area contributed by atoms with Crippen molar-refractivity contribution in [2.75, 3.05) is 25.2 Å². The number of thiocarbonyl (C=S) groups is 1. The SMILES string of the molecule is COCCSCC(N)[C]=S. The standard InChI is InChI=1S/C6H12NOS2/c1-8-2-3-10-5-6(7)4-9/h6H,2-3,5,7H2,1H3. The highest BCUT2D eigenvalue weighted by molar-refractivity contribution is 7.99. The fourth-order valence-corrected chi connectivity index (χ4v) is 1.36. The second kappa shape index (κ2) is 7.47. The number of nitrogens with two attached hydrogens (primary N) is 1. The summed E-state index contributed by atoms with van der Waals surface area (Å²) >= 11 is 6.26. The molecule has 59 valence electrons. The number of methoxy groups -OCH3 is 1. The van der Waals surface area contributed by atoms with E-state index in [1.54, 1.807) is 18.9 Å². The first-order chi connectivity index (χ1) is 4.81. The maximum Gasteiger partial charge on any atom is 0.0552 e. The maximum absolute atomic E-state index is 5.48. The van der Waals surface area contributed by atoms with Crippen LogP contribution in [0, 0.1) is 0 Å². The molecule has 0 aromatic heterocycles. The molecule has 0 fully saturated rings. The minimum Gasteiger partial charge on any atom is -0.384 e. The molecule has 0 spiro atoms. The monoisotopic (exact) mass is 178 g/mol. The van der Waals surface area contributed by atoms with Gasteiger partial charge in [0.05, 0.1) is 12.6 Å². The average Bonchev–Trinajstić information content (AvgIpc) is 1.98. The van der Waals surface area contributed by atoms with E-state index in [1.807, 2.05) is 0 Å². The summed E-state index contributed by atoms with van der Waals surface area (Å²) in [7, 11) is 1.69. The molecule has 0 aliphatic carbocycles. The topological polar surface area (TPSA) is 35.2 Å². The Morgan fingerprint density at radius 2 is 2.50 bits per heavy atom. The van der Waals surface area contributed by atoms with Gasteiger partial charge in [0.2, 0.25) is 0 Å². The molecule has 10 heavy (non-hydrogen) atoms. The second-order valence-corrected chi connectivity index (χ2v) is 3.18. The van der Waals surface area contributed by atoms with Gasteiger partial charge in [-0.2, -0.15) is 11.8 Å². The highest BCUT2D eigenvalue weighted by Gasteiger charge is 1.96. The molecule has 0 aliphatic heterocycles. The molecule has 1 atom stereocenters. The van der Waals surface area contributed by atoms with Crippen molar-refractivity contribution in [2.24, 2.45) is 5.73 Å². The third kappa shape index (κ3) is 6.48. The smallest absolute Gasteiger partial charge is 0.0552 e. The highest BCUT2D eigenvalue weighted by Crippen LogP contribution is 1.99. The summed E-state index contributed by atoms with van der Waals surface area (Å²) in [6.45, 7) is 0.773. The lowest BCUT2D eigenvalue weighted by Crippen LogP contribution is -2.23. The first-order valence-electron chi connectivity index (χ1n) is 3.01. The molecule has 0 aliphatic rings. The lowest BCUT2D eigenvalue weighted by molar-refractivity contribution is 0.218. The van der Waals surface area contributed by atoms with Crippen molar-refractivity contribution >= 4 is 29.3 Å². The molecule has 0 aromatic carbocycles. The minimum atomic E-state index is -0.0724. The lowest BCUT2D eigenvalue weighted by atomic mass is 10.4. The maximum atomic E-state index is 5.48. The minimum absolute atomic E-state index is 0.0724. The highest BCUT2D eigenvalue weighted by atomic mass is 32.2. The predicted octanol–water partition coefficient (Wildman–Crippen LogP) is 0.570. The molecule has 0 amide bonds. The Balaban J connectivity index is 2.95. The van der Waals surface area contributed by atoms with E-state index in [-0.39, 0.29) is 6.04 Å². The van der Waals surface area contributed by atoms with Gasteiger partial charge in [0.1, 0.15) is 0 Å². The summed E-state index contributed by atoms with van der Waals surface area (Å²) in [5.74, 6) is 1.81. The Morgan fingerprint density at radius 3 is 3.00 bits per heavy atom. The average molecular weight is 178 g/mol. The van der Waals surface area contributed by atoms with Crippen LogP contribution >= 0.6 is 24.0 Å². The van der Waals surface area contributed by atoms with Crippen molar-refractivity contribution in [1.82, 2.24) is 0 Å². The molecular formula is C6H12NOS2. The first-order valence-corrected chi connectivity index (χ1v) is 4.57. The van der Waals surface area contributed by atoms with Gasteiger partial charge in [0, 0.05) is 24.0 Å². The van der Waals surface area contributed by atoms with E-state index in [0.717, 1.165) is 18.1 Å². The van der Waals surface area contributed by atoms with Crippen molar-refractivity contribution < 1.29 is 4.74 Å². The summed E-state index contributed by atoms with van der Waals surface area (Å²) in [5.41, 5.74) is 5.48. The summed E-state index contributed by atoms with van der Waals surface area (Å²) in [6.07, 6.45) is 0. The van der Waals surface area contributed by atoms with E-state index in [2.05, 4.69) is 17.6 Å². The van der Waals surface area contributed by atoms with Crippen molar-refractivity contribution in [3.63, 3.8) is 0 Å². The van der Waals surface area contributed by atoms with Gasteiger partial charge in [-0.1, -0.05) is 12.2 Å². The van der Waals surface area contributed by atoms with Crippen LogP contribution in [-0.2, 0) is 4.74 Å². The molecule has 0 saturated carbocycles. The van der Waals surface area contributed by atoms with Gasteiger partial charge >= 0.3 is 0 Å². The van der Waals surface area contributed by atoms with Crippen molar-refractivity contribution in [1.29, 1.82) is 0 Å². The molecule has 0 heterocycles. The van der Waals surface area contributed by atoms with Crippen LogP contribution in [-0.4, -0.2) is 36.6 Å². The van der Waals surface area contributed by atoms with Crippen LogP contribution < -0.4 is 5.73 Å². The van der Waals surface area contributed by atoms with Crippen LogP contribution in [0.5, 0.6) is 0 Å². The van der Waals surface area contributed by atoms with E-state index in [4.69, 9.17) is 10.5 Å². The first kappa shape index (κ1) is 10.4. The van der Waals surface area contributed by atoms with Gasteiger partial charge < -0.3 is 10.5 Å². The van der Waals surface area contributed by atoms with Crippen molar-refractivity contribution in [3.8, 4) is 0 Å². The largest absolute Gasteiger partial charge is 0.384 e. The van der Waals surface area contributed by atoms with Crippen LogP contribution in [0.15, 0.2) is 0 Å². The van der Waals surface area contributed by atoms with Crippen LogP contribution in [0.25, 0.3) is 0 Å². The van der Waals surface area contributed by atoms with Crippen molar-refractivity contribution in [2.45, 2.75) is 6.04 Å². The normalized spacial score (nSPS) is 13.0. The summed E-state index contributed by atoms with van der Waals surface area (Å²) in [5, 5.41) is 2.54. The predicted molar refractivity (Wildman–Crippen MR) is 49.8 cm³/mol. The van der Waals surface area contributed by atoms with E-state index in [1.165, 1.54) is 0 Å². The summed E-state index contributed by atoms with van der Waals surface area (Å²) in [6, 6.07) is -0.0724. The quantitative estimate of drug-likeness (QED) is 0.476. The zero-order valence-corrected chi connectivity index (χ0v) is 7.63. The zero-order valence-electron chi connectivity index (χ0n) is 6.00. The number of thioether (sulfide) groups is 1. The van der Waals surface area contributed by atoms with Gasteiger partial charge in [0.25, 0.3) is 0 Å². The molecule has 2 nitrogen and oxygen atoms in total. The number of ether oxygens (including phenoxy) is 1. The molecule has 0 saturated heterocycles. The number of hydrogen-bond donors (Lipinski definition) is 1. The lowest BCUT2D eigenvalue weighted by Gasteiger charge is -2.02. The van der Waals surface area contributed by atoms with Gasteiger partial charge in [-0.15, -0.1) is 0 Å². The fourth-order valence-electron chi connectivity index (χ4n) is 0.387. The van der Waals surface area contributed by atoms with E-state index >= 15 is 0 Å². The molecule has 0 bridgehead atoms. The molecule has 4 heteroatoms. The third-order valence-electron chi connectivity index (χ3n) is 0.881. The fraction of sp³-hybridized carbons (Fsp3) is 0.833. The Hall–Kier alpha value is 0.360. The Bertz CT molecular complexity index is 89.8. The summed E-state index contributed by atoms with van der Waals surface area (Å²) < 4.78 is 4.85. The number of rotatable bonds is 6. The van der Waals surface area contributed by atoms with Gasteiger partial charge in [0.15, 0.2) is 0 Å². The van der Waals surface area contributed by atoms with E-state index < -0.39 is 0 Å². The van der Waals surface area contributed by atoms with E-state index in [9.17, 15) is 0 Å². The molecule has 1 unspecified atom stereocenters. The van der Waals surface area contributed by atoms with Gasteiger partial charge in [-0.05, 0) is 0 Å². The Morgan fingerprint density at radius 1 is 1.80 bits per heavy atom. The second-order valence-electron chi connectivity index (χ2n) is 1.79. The zero-order chi connectivity index (χ0) is 7.82. The van der Waals surface area contributed by atoms with E-state index in [0.29, 0.717) is 0 Å². The number of hydrogen-bond acceptors (Lipinski definition) is 4. The Labute approximate surface area is 71.5 Å². The van der Waals surface area contributed by atoms with Gasteiger partial charge in [-0.25, -0.2) is 0 Å². The molecule has 0 aromatic rings. The molecular weight excluding hydrogens is 166 g/mol. The van der Waals surface area contributed by atoms with Crippen LogP contribution in [0.1, 0.15) is 0 Å². The molecule has 2 N–H and O–H groups in total. The summed E-state index contributed by atoms with van der Waals surface area (Å²) in [4.78, 5) is 0. The van der Waals surface area contributed by atoms with Crippen LogP contribution in [0.4, 0.5) is 0 Å². The Kier molecular flexibility index (Phi) is 7.74. The third-order valence-corrected chi connectivity index (χ3v) is 2.23. The van der Waals surface area contributed by atoms with Crippen LogP contribution in [0.3, 0.4) is 0 Å². The van der Waals surface area contributed by atoms with Crippen molar-refractivity contribution in [3.05, 3.63) is 0 Å².